The summed E-state index contributed by atoms with van der Waals surface area (Å²) in [6.45, 7) is 9.24. The second-order valence-electron chi connectivity index (χ2n) is 6.20. The summed E-state index contributed by atoms with van der Waals surface area (Å²) in [5, 5.41) is 11.5. The third kappa shape index (κ3) is 5.85. The van der Waals surface area contributed by atoms with E-state index in [0.717, 1.165) is 6.20 Å². The van der Waals surface area contributed by atoms with Crippen molar-refractivity contribution in [2.24, 2.45) is 5.92 Å². The summed E-state index contributed by atoms with van der Waals surface area (Å²) in [7, 11) is 0. The molecule has 0 aromatic carbocycles. The fourth-order valence-corrected chi connectivity index (χ4v) is 1.69. The lowest BCUT2D eigenvalue weighted by molar-refractivity contribution is 0.0488. The molecule has 118 valence electrons. The maximum Gasteiger partial charge on any atom is 0.408 e. The Morgan fingerprint density at radius 2 is 2.05 bits per heavy atom. The van der Waals surface area contributed by atoms with Crippen LogP contribution in [0.4, 0.5) is 4.79 Å². The lowest BCUT2D eigenvalue weighted by Crippen LogP contribution is -2.35. The Bertz CT molecular complexity index is 502. The van der Waals surface area contributed by atoms with Gasteiger partial charge in [-0.2, -0.15) is 0 Å². The highest BCUT2D eigenvalue weighted by Gasteiger charge is 2.25. The smallest absolute Gasteiger partial charge is 0.408 e. The van der Waals surface area contributed by atoms with Gasteiger partial charge in [0.15, 0.2) is 0 Å². The predicted octanol–water partition coefficient (Wildman–Crippen LogP) is 2.98. The fourth-order valence-electron chi connectivity index (χ4n) is 1.69. The molecule has 1 aromatic rings. The molecule has 1 rings (SSSR count). The molecule has 1 aromatic heterocycles. The zero-order chi connectivity index (χ0) is 16.2. The molecule has 7 nitrogen and oxygen atoms in total. The first-order valence-electron chi connectivity index (χ1n) is 6.77. The van der Waals surface area contributed by atoms with E-state index in [-0.39, 0.29) is 17.6 Å². The van der Waals surface area contributed by atoms with Crippen molar-refractivity contribution < 1.29 is 23.8 Å². The van der Waals surface area contributed by atoms with E-state index < -0.39 is 23.7 Å². The number of carbonyl (C=O) groups excluding carboxylic acids is 1. The summed E-state index contributed by atoms with van der Waals surface area (Å²) in [5.74, 6) is -1.05. The Morgan fingerprint density at radius 1 is 1.43 bits per heavy atom. The number of hydrogen-bond acceptors (Lipinski definition) is 5. The molecule has 0 radical (unpaired) electrons. The minimum atomic E-state index is -1.20. The van der Waals surface area contributed by atoms with Gasteiger partial charge in [0.05, 0.1) is 6.20 Å². The number of carboxylic acids is 1. The number of aromatic carboxylic acids is 1. The molecule has 0 aliphatic carbocycles. The molecule has 1 unspecified atom stereocenters. The highest BCUT2D eigenvalue weighted by Crippen LogP contribution is 2.22. The van der Waals surface area contributed by atoms with Gasteiger partial charge in [0.25, 0.3) is 0 Å². The predicted molar refractivity (Wildman–Crippen MR) is 75.0 cm³/mol. The molecule has 0 saturated heterocycles. The minimum absolute atomic E-state index is 0.159. The zero-order valence-corrected chi connectivity index (χ0v) is 13.0. The van der Waals surface area contributed by atoms with Crippen molar-refractivity contribution in [3.05, 3.63) is 17.8 Å². The van der Waals surface area contributed by atoms with Gasteiger partial charge in [-0.1, -0.05) is 13.8 Å². The Labute approximate surface area is 123 Å². The number of nitrogens with one attached hydrogen (secondary N) is 1. The van der Waals surface area contributed by atoms with E-state index in [2.05, 4.69) is 10.3 Å². The van der Waals surface area contributed by atoms with Gasteiger partial charge in [-0.3, -0.25) is 0 Å². The molecular formula is C14H22N2O5. The van der Waals surface area contributed by atoms with E-state index in [1.54, 1.807) is 20.8 Å². The molecule has 1 heterocycles. The summed E-state index contributed by atoms with van der Waals surface area (Å²) >= 11 is 0. The van der Waals surface area contributed by atoms with E-state index in [1.165, 1.54) is 0 Å². The zero-order valence-electron chi connectivity index (χ0n) is 13.0. The lowest BCUT2D eigenvalue weighted by Gasteiger charge is -2.23. The molecule has 1 amide bonds. The average Bonchev–Trinajstić information content (AvgIpc) is 2.73. The van der Waals surface area contributed by atoms with Gasteiger partial charge in [0, 0.05) is 0 Å². The van der Waals surface area contributed by atoms with E-state index in [1.807, 2.05) is 13.8 Å². The van der Waals surface area contributed by atoms with Crippen molar-refractivity contribution in [1.29, 1.82) is 0 Å². The van der Waals surface area contributed by atoms with Crippen LogP contribution < -0.4 is 5.32 Å². The third-order valence-corrected chi connectivity index (χ3v) is 2.43. The molecule has 0 aliphatic heterocycles. The van der Waals surface area contributed by atoms with Crippen LogP contribution >= 0.6 is 0 Å². The summed E-state index contributed by atoms with van der Waals surface area (Å²) in [6, 6.07) is -0.534. The van der Waals surface area contributed by atoms with Crippen molar-refractivity contribution in [2.45, 2.75) is 52.7 Å². The SMILES string of the molecule is CC(C)CC(NC(=O)OC(C)(C)C)c1ncc(C(=O)O)o1. The normalized spacial score (nSPS) is 13.0. The topological polar surface area (TPSA) is 102 Å². The third-order valence-electron chi connectivity index (χ3n) is 2.43. The first-order valence-corrected chi connectivity index (χ1v) is 6.77. The number of nitrogens with zero attached hydrogens (tertiary/aromatic N) is 1. The van der Waals surface area contributed by atoms with Crippen molar-refractivity contribution in [3.63, 3.8) is 0 Å². The standard InChI is InChI=1S/C14H22N2O5/c1-8(2)6-9(16-13(19)21-14(3,4)5)11-15-7-10(20-11)12(17)18/h7-9H,6H2,1-5H3,(H,16,19)(H,17,18). The van der Waals surface area contributed by atoms with Crippen LogP contribution in [0.5, 0.6) is 0 Å². The summed E-state index contributed by atoms with van der Waals surface area (Å²) in [5.41, 5.74) is -0.616. The Hall–Kier alpha value is -2.05. The number of rotatable bonds is 5. The summed E-state index contributed by atoms with van der Waals surface area (Å²) in [4.78, 5) is 26.6. The van der Waals surface area contributed by atoms with Crippen LogP contribution in [0.1, 0.15) is 63.5 Å². The number of carbonyl (C=O) groups is 2. The Morgan fingerprint density at radius 3 is 2.48 bits per heavy atom. The number of ether oxygens (including phenoxy) is 1. The van der Waals surface area contributed by atoms with Crippen LogP contribution in [0, 0.1) is 5.92 Å². The van der Waals surface area contributed by atoms with Gasteiger partial charge < -0.3 is 19.6 Å². The molecule has 0 spiro atoms. The fraction of sp³-hybridized carbons (Fsp3) is 0.643. The van der Waals surface area contributed by atoms with Gasteiger partial charge in [0.1, 0.15) is 11.6 Å². The van der Waals surface area contributed by atoms with Crippen LogP contribution in [0.15, 0.2) is 10.6 Å². The Kier molecular flexibility index (Phi) is 5.34. The highest BCUT2D eigenvalue weighted by atomic mass is 16.6. The summed E-state index contributed by atoms with van der Waals surface area (Å²) in [6.07, 6.45) is 1.09. The maximum absolute atomic E-state index is 11.8. The molecule has 0 saturated carbocycles. The average molecular weight is 298 g/mol. The lowest BCUT2D eigenvalue weighted by atomic mass is 10.0. The van der Waals surface area contributed by atoms with Crippen molar-refractivity contribution >= 4 is 12.1 Å². The molecule has 0 aliphatic rings. The molecule has 7 heteroatoms. The number of carboxylic acid groups (broad SMARTS) is 1. The largest absolute Gasteiger partial charge is 0.475 e. The van der Waals surface area contributed by atoms with Crippen LogP contribution in [-0.2, 0) is 4.74 Å². The highest BCUT2D eigenvalue weighted by molar-refractivity contribution is 5.83. The molecular weight excluding hydrogens is 276 g/mol. The first kappa shape index (κ1) is 17.0. The second-order valence-corrected chi connectivity index (χ2v) is 6.20. The van der Waals surface area contributed by atoms with Crippen LogP contribution in [-0.4, -0.2) is 27.8 Å². The summed E-state index contributed by atoms with van der Waals surface area (Å²) < 4.78 is 10.3. The van der Waals surface area contributed by atoms with Crippen LogP contribution in [0.25, 0.3) is 0 Å². The molecule has 2 N–H and O–H groups in total. The van der Waals surface area contributed by atoms with E-state index in [0.29, 0.717) is 6.42 Å². The quantitative estimate of drug-likeness (QED) is 0.866. The van der Waals surface area contributed by atoms with Gasteiger partial charge >= 0.3 is 12.1 Å². The van der Waals surface area contributed by atoms with Gasteiger partial charge in [0.2, 0.25) is 11.7 Å². The van der Waals surface area contributed by atoms with Gasteiger partial charge in [-0.05, 0) is 33.1 Å². The maximum atomic E-state index is 11.8. The molecule has 1 atom stereocenters. The number of hydrogen-bond donors (Lipinski definition) is 2. The van der Waals surface area contributed by atoms with Crippen molar-refractivity contribution in [3.8, 4) is 0 Å². The van der Waals surface area contributed by atoms with E-state index in [9.17, 15) is 9.59 Å². The number of oxazole rings is 1. The van der Waals surface area contributed by atoms with Crippen molar-refractivity contribution in [2.75, 3.05) is 0 Å². The van der Waals surface area contributed by atoms with Crippen LogP contribution in [0.2, 0.25) is 0 Å². The number of aromatic nitrogens is 1. The Balaban J connectivity index is 2.84. The number of alkyl carbamates (subject to hydrolysis) is 1. The monoisotopic (exact) mass is 298 g/mol. The van der Waals surface area contributed by atoms with E-state index in [4.69, 9.17) is 14.3 Å². The van der Waals surface area contributed by atoms with Gasteiger partial charge in [-0.25, -0.2) is 14.6 Å². The van der Waals surface area contributed by atoms with Crippen molar-refractivity contribution in [1.82, 2.24) is 10.3 Å². The first-order chi connectivity index (χ1) is 9.58. The molecule has 0 fully saturated rings. The number of amides is 1. The molecule has 21 heavy (non-hydrogen) atoms. The second kappa shape index (κ2) is 6.60. The molecule has 0 bridgehead atoms. The minimum Gasteiger partial charge on any atom is -0.475 e. The van der Waals surface area contributed by atoms with Crippen LogP contribution in [0.3, 0.4) is 0 Å². The van der Waals surface area contributed by atoms with Gasteiger partial charge in [-0.15, -0.1) is 0 Å². The van der Waals surface area contributed by atoms with E-state index >= 15 is 0 Å².